The van der Waals surface area contributed by atoms with Gasteiger partial charge in [-0.2, -0.15) is 0 Å². The Balaban J connectivity index is 2.52. The Morgan fingerprint density at radius 3 is 2.69 bits per heavy atom. The SMILES string of the molecule is Cc1ccc2c(c1)S(=O)(=O)CC(C(C)C)N2. The van der Waals surface area contributed by atoms with Crippen molar-refractivity contribution in [2.24, 2.45) is 5.92 Å². The van der Waals surface area contributed by atoms with E-state index in [1.54, 1.807) is 6.07 Å². The Morgan fingerprint density at radius 1 is 1.38 bits per heavy atom. The smallest absolute Gasteiger partial charge is 0.182 e. The Morgan fingerprint density at radius 2 is 2.06 bits per heavy atom. The summed E-state index contributed by atoms with van der Waals surface area (Å²) in [6.07, 6.45) is 0. The molecule has 1 atom stereocenters. The zero-order valence-corrected chi connectivity index (χ0v) is 10.6. The van der Waals surface area contributed by atoms with Crippen LogP contribution in [0.2, 0.25) is 0 Å². The van der Waals surface area contributed by atoms with Gasteiger partial charge in [0.05, 0.1) is 16.3 Å². The molecule has 1 heterocycles. The molecule has 1 aromatic rings. The molecule has 0 aromatic heterocycles. The van der Waals surface area contributed by atoms with Gasteiger partial charge in [0, 0.05) is 6.04 Å². The van der Waals surface area contributed by atoms with Crippen molar-refractivity contribution in [2.75, 3.05) is 11.1 Å². The largest absolute Gasteiger partial charge is 0.380 e. The number of sulfone groups is 1. The number of fused-ring (bicyclic) bond motifs is 1. The van der Waals surface area contributed by atoms with Crippen LogP contribution >= 0.6 is 0 Å². The molecule has 0 spiro atoms. The molecule has 0 amide bonds. The Labute approximate surface area is 96.8 Å². The highest BCUT2D eigenvalue weighted by Gasteiger charge is 2.31. The summed E-state index contributed by atoms with van der Waals surface area (Å²) >= 11 is 0. The van der Waals surface area contributed by atoms with Crippen molar-refractivity contribution in [1.29, 1.82) is 0 Å². The van der Waals surface area contributed by atoms with Gasteiger partial charge in [0.2, 0.25) is 0 Å². The Hall–Kier alpha value is -1.03. The lowest BCUT2D eigenvalue weighted by molar-refractivity contribution is 0.531. The summed E-state index contributed by atoms with van der Waals surface area (Å²) in [6, 6.07) is 5.55. The van der Waals surface area contributed by atoms with Crippen LogP contribution in [0.25, 0.3) is 0 Å². The lowest BCUT2D eigenvalue weighted by Crippen LogP contribution is -2.38. The van der Waals surface area contributed by atoms with Crippen molar-refractivity contribution in [3.8, 4) is 0 Å². The van der Waals surface area contributed by atoms with Crippen molar-refractivity contribution in [3.63, 3.8) is 0 Å². The molecule has 0 radical (unpaired) electrons. The number of anilines is 1. The van der Waals surface area contributed by atoms with Gasteiger partial charge in [-0.1, -0.05) is 19.9 Å². The molecule has 1 aliphatic heterocycles. The molecule has 1 N–H and O–H groups in total. The summed E-state index contributed by atoms with van der Waals surface area (Å²) in [5, 5.41) is 3.30. The molecule has 16 heavy (non-hydrogen) atoms. The van der Waals surface area contributed by atoms with E-state index in [2.05, 4.69) is 5.32 Å². The molecular weight excluding hydrogens is 222 g/mol. The van der Waals surface area contributed by atoms with E-state index in [1.807, 2.05) is 32.9 Å². The van der Waals surface area contributed by atoms with E-state index < -0.39 is 9.84 Å². The van der Waals surface area contributed by atoms with Crippen LogP contribution in [-0.4, -0.2) is 20.2 Å². The van der Waals surface area contributed by atoms with Gasteiger partial charge in [-0.05, 0) is 30.5 Å². The summed E-state index contributed by atoms with van der Waals surface area (Å²) < 4.78 is 24.2. The van der Waals surface area contributed by atoms with E-state index in [9.17, 15) is 8.42 Å². The summed E-state index contributed by atoms with van der Waals surface area (Å²) in [6.45, 7) is 5.98. The lowest BCUT2D eigenvalue weighted by Gasteiger charge is -2.29. The minimum Gasteiger partial charge on any atom is -0.380 e. The number of rotatable bonds is 1. The number of hydrogen-bond donors (Lipinski definition) is 1. The van der Waals surface area contributed by atoms with E-state index in [0.29, 0.717) is 10.8 Å². The predicted molar refractivity (Wildman–Crippen MR) is 65.5 cm³/mol. The topological polar surface area (TPSA) is 46.2 Å². The zero-order valence-electron chi connectivity index (χ0n) is 9.82. The van der Waals surface area contributed by atoms with Crippen molar-refractivity contribution < 1.29 is 8.42 Å². The predicted octanol–water partition coefficient (Wildman–Crippen LogP) is 2.22. The van der Waals surface area contributed by atoms with E-state index in [1.165, 1.54) is 0 Å². The first-order valence-electron chi connectivity index (χ1n) is 5.50. The molecule has 1 unspecified atom stereocenters. The van der Waals surface area contributed by atoms with E-state index in [-0.39, 0.29) is 11.8 Å². The molecule has 0 bridgehead atoms. The molecule has 0 saturated carbocycles. The average molecular weight is 239 g/mol. The van der Waals surface area contributed by atoms with E-state index >= 15 is 0 Å². The van der Waals surface area contributed by atoms with Gasteiger partial charge in [0.15, 0.2) is 9.84 Å². The van der Waals surface area contributed by atoms with Crippen molar-refractivity contribution in [1.82, 2.24) is 0 Å². The second-order valence-corrected chi connectivity index (χ2v) is 6.78. The van der Waals surface area contributed by atoms with Gasteiger partial charge in [-0.3, -0.25) is 0 Å². The molecule has 1 aliphatic rings. The van der Waals surface area contributed by atoms with Crippen LogP contribution < -0.4 is 5.32 Å². The van der Waals surface area contributed by atoms with E-state index in [4.69, 9.17) is 0 Å². The molecular formula is C12H17NO2S. The summed E-state index contributed by atoms with van der Waals surface area (Å²) in [4.78, 5) is 0.449. The third kappa shape index (κ3) is 1.94. The van der Waals surface area contributed by atoms with E-state index in [0.717, 1.165) is 11.3 Å². The summed E-state index contributed by atoms with van der Waals surface area (Å²) in [7, 11) is -3.12. The van der Waals surface area contributed by atoms with Gasteiger partial charge in [-0.15, -0.1) is 0 Å². The van der Waals surface area contributed by atoms with Crippen molar-refractivity contribution in [2.45, 2.75) is 31.7 Å². The van der Waals surface area contributed by atoms with Crippen molar-refractivity contribution >= 4 is 15.5 Å². The molecule has 1 aromatic carbocycles. The highest BCUT2D eigenvalue weighted by molar-refractivity contribution is 7.91. The highest BCUT2D eigenvalue weighted by Crippen LogP contribution is 2.31. The monoisotopic (exact) mass is 239 g/mol. The summed E-state index contributed by atoms with van der Waals surface area (Å²) in [5.41, 5.74) is 1.72. The third-order valence-corrected chi connectivity index (χ3v) is 4.82. The first-order chi connectivity index (χ1) is 7.40. The third-order valence-electron chi connectivity index (χ3n) is 3.02. The van der Waals surface area contributed by atoms with Crippen LogP contribution in [-0.2, 0) is 9.84 Å². The fourth-order valence-electron chi connectivity index (χ4n) is 1.93. The van der Waals surface area contributed by atoms with Gasteiger partial charge in [0.25, 0.3) is 0 Å². The maximum atomic E-state index is 12.1. The molecule has 0 saturated heterocycles. The molecule has 2 rings (SSSR count). The van der Waals surface area contributed by atoms with Crippen molar-refractivity contribution in [3.05, 3.63) is 23.8 Å². The maximum absolute atomic E-state index is 12.1. The average Bonchev–Trinajstić information content (AvgIpc) is 2.18. The molecule has 88 valence electrons. The van der Waals surface area contributed by atoms with Gasteiger partial charge in [0.1, 0.15) is 0 Å². The molecule has 3 nitrogen and oxygen atoms in total. The number of nitrogens with one attached hydrogen (secondary N) is 1. The van der Waals surface area contributed by atoms with Gasteiger partial charge in [-0.25, -0.2) is 8.42 Å². The normalized spacial score (nSPS) is 22.6. The fourth-order valence-corrected chi connectivity index (χ4v) is 3.88. The van der Waals surface area contributed by atoms with Crippen LogP contribution in [0.4, 0.5) is 5.69 Å². The quantitative estimate of drug-likeness (QED) is 0.817. The first-order valence-corrected chi connectivity index (χ1v) is 7.15. The summed E-state index contributed by atoms with van der Waals surface area (Å²) in [5.74, 6) is 0.505. The second-order valence-electron chi connectivity index (χ2n) is 4.78. The second kappa shape index (κ2) is 3.77. The number of hydrogen-bond acceptors (Lipinski definition) is 3. The molecule has 4 heteroatoms. The molecule has 0 fully saturated rings. The Kier molecular flexibility index (Phi) is 2.70. The van der Waals surface area contributed by atoms with Crippen LogP contribution in [0.5, 0.6) is 0 Å². The lowest BCUT2D eigenvalue weighted by atomic mass is 10.1. The highest BCUT2D eigenvalue weighted by atomic mass is 32.2. The van der Waals surface area contributed by atoms with Crippen LogP contribution in [0.3, 0.4) is 0 Å². The fraction of sp³-hybridized carbons (Fsp3) is 0.500. The van der Waals surface area contributed by atoms with Crippen LogP contribution in [0, 0.1) is 12.8 Å². The van der Waals surface area contributed by atoms with Crippen LogP contribution in [0.15, 0.2) is 23.1 Å². The maximum Gasteiger partial charge on any atom is 0.182 e. The van der Waals surface area contributed by atoms with Gasteiger partial charge < -0.3 is 5.32 Å². The zero-order chi connectivity index (χ0) is 11.9. The van der Waals surface area contributed by atoms with Crippen LogP contribution in [0.1, 0.15) is 19.4 Å². The minimum absolute atomic E-state index is 0.0141. The van der Waals surface area contributed by atoms with Gasteiger partial charge >= 0.3 is 0 Å². The standard InChI is InChI=1S/C12H17NO2S/c1-8(2)11-7-16(14,15)12-6-9(3)4-5-10(12)13-11/h4-6,8,11,13H,7H2,1-3H3. The first kappa shape index (κ1) is 11.5. The minimum atomic E-state index is -3.12. The number of benzene rings is 1. The number of aryl methyl sites for hydroxylation is 1. The molecule has 0 aliphatic carbocycles. The Bertz CT molecular complexity index is 506.